The Morgan fingerprint density at radius 3 is 2.45 bits per heavy atom. The number of aldehydes is 1. The van der Waals surface area contributed by atoms with Crippen molar-refractivity contribution < 1.29 is 14.6 Å². The molecule has 0 aliphatic heterocycles. The lowest BCUT2D eigenvalue weighted by Gasteiger charge is -2.27. The molecule has 1 aromatic carbocycles. The number of aliphatic imine (C=N–C) groups is 1. The van der Waals surface area contributed by atoms with E-state index in [1.54, 1.807) is 24.4 Å². The van der Waals surface area contributed by atoms with Gasteiger partial charge in [-0.05, 0) is 42.5 Å². The van der Waals surface area contributed by atoms with Gasteiger partial charge in [0.25, 0.3) is 0 Å². The van der Waals surface area contributed by atoms with Crippen LogP contribution in [0, 0.1) is 5.41 Å². The predicted molar refractivity (Wildman–Crippen MR) is 80.8 cm³/mol. The number of phenols is 1. The highest BCUT2D eigenvalue weighted by Crippen LogP contribution is 2.29. The minimum absolute atomic E-state index is 0.0135. The fourth-order valence-corrected chi connectivity index (χ4v) is 2.19. The van der Waals surface area contributed by atoms with E-state index < -0.39 is 5.54 Å². The summed E-state index contributed by atoms with van der Waals surface area (Å²) in [6.45, 7) is 8.05. The Balaban J connectivity index is 2.97. The van der Waals surface area contributed by atoms with Gasteiger partial charge in [-0.15, -0.1) is 0 Å². The van der Waals surface area contributed by atoms with E-state index in [2.05, 4.69) is 25.8 Å². The van der Waals surface area contributed by atoms with Crippen molar-refractivity contribution in [3.63, 3.8) is 0 Å². The van der Waals surface area contributed by atoms with Gasteiger partial charge in [0, 0.05) is 6.21 Å². The zero-order valence-corrected chi connectivity index (χ0v) is 12.8. The molecule has 0 aliphatic carbocycles. The third kappa shape index (κ3) is 4.68. The Morgan fingerprint density at radius 2 is 1.95 bits per heavy atom. The predicted octanol–water partition coefficient (Wildman–Crippen LogP) is 3.21. The molecule has 0 heterocycles. The highest BCUT2D eigenvalue weighted by atomic mass is 16.5. The van der Waals surface area contributed by atoms with Crippen LogP contribution in [0.5, 0.6) is 11.5 Å². The first-order valence-corrected chi connectivity index (χ1v) is 6.58. The van der Waals surface area contributed by atoms with Gasteiger partial charge in [0.2, 0.25) is 0 Å². The molecule has 4 nitrogen and oxygen atoms in total. The highest BCUT2D eigenvalue weighted by molar-refractivity contribution is 5.83. The number of carbonyl (C=O) groups is 1. The zero-order chi connectivity index (χ0) is 15.4. The molecular weight excluding hydrogens is 254 g/mol. The fraction of sp³-hybridized carbons (Fsp3) is 0.500. The number of aromatic hydroxyl groups is 1. The Morgan fingerprint density at radius 1 is 1.30 bits per heavy atom. The van der Waals surface area contributed by atoms with Gasteiger partial charge in [0.15, 0.2) is 11.5 Å². The van der Waals surface area contributed by atoms with Crippen molar-refractivity contribution in [3.05, 3.63) is 23.8 Å². The molecule has 0 bridgehead atoms. The summed E-state index contributed by atoms with van der Waals surface area (Å²) in [6, 6.07) is 4.95. The highest BCUT2D eigenvalue weighted by Gasteiger charge is 2.28. The van der Waals surface area contributed by atoms with Crippen LogP contribution in [0.4, 0.5) is 0 Å². The lowest BCUT2D eigenvalue weighted by atomic mass is 9.82. The smallest absolute Gasteiger partial charge is 0.161 e. The summed E-state index contributed by atoms with van der Waals surface area (Å²) in [5.41, 5.74) is 0.0462. The lowest BCUT2D eigenvalue weighted by molar-refractivity contribution is -0.112. The minimum Gasteiger partial charge on any atom is -0.504 e. The first-order chi connectivity index (χ1) is 9.19. The molecule has 0 radical (unpaired) electrons. The maximum atomic E-state index is 11.3. The molecule has 0 fully saturated rings. The molecular formula is C16H23NO3. The van der Waals surface area contributed by atoms with Crippen LogP contribution in [-0.2, 0) is 4.79 Å². The number of rotatable bonds is 5. The second-order valence-corrected chi connectivity index (χ2v) is 6.40. The van der Waals surface area contributed by atoms with Crippen molar-refractivity contribution in [1.82, 2.24) is 0 Å². The second kappa shape index (κ2) is 6.07. The van der Waals surface area contributed by atoms with Gasteiger partial charge in [-0.25, -0.2) is 0 Å². The maximum absolute atomic E-state index is 11.3. The van der Waals surface area contributed by atoms with E-state index in [0.717, 1.165) is 11.8 Å². The molecule has 0 aliphatic rings. The molecule has 4 heteroatoms. The van der Waals surface area contributed by atoms with Crippen LogP contribution in [0.1, 0.15) is 39.7 Å². The van der Waals surface area contributed by atoms with Crippen molar-refractivity contribution in [2.24, 2.45) is 10.4 Å². The molecule has 1 rings (SSSR count). The van der Waals surface area contributed by atoms with E-state index in [1.807, 2.05) is 6.92 Å². The topological polar surface area (TPSA) is 58.9 Å². The summed E-state index contributed by atoms with van der Waals surface area (Å²) in [4.78, 5) is 15.7. The molecule has 0 saturated heterocycles. The van der Waals surface area contributed by atoms with Gasteiger partial charge in [-0.3, -0.25) is 4.99 Å². The van der Waals surface area contributed by atoms with E-state index in [-0.39, 0.29) is 11.2 Å². The van der Waals surface area contributed by atoms with Crippen LogP contribution in [0.2, 0.25) is 0 Å². The van der Waals surface area contributed by atoms with Crippen LogP contribution in [-0.4, -0.2) is 30.3 Å². The molecule has 0 aromatic heterocycles. The quantitative estimate of drug-likeness (QED) is 0.664. The van der Waals surface area contributed by atoms with E-state index in [0.29, 0.717) is 12.2 Å². The number of ether oxygens (including phenoxy) is 1. The summed E-state index contributed by atoms with van der Waals surface area (Å²) in [7, 11) is 1.49. The SMILES string of the molecule is COc1cc(/C=N\C(C)(C=O)CC(C)(C)C)ccc1O. The van der Waals surface area contributed by atoms with Crippen LogP contribution in [0.15, 0.2) is 23.2 Å². The van der Waals surface area contributed by atoms with Crippen LogP contribution >= 0.6 is 0 Å². The lowest BCUT2D eigenvalue weighted by Crippen LogP contribution is -2.30. The number of nitrogens with zero attached hydrogens (tertiary/aromatic N) is 1. The zero-order valence-electron chi connectivity index (χ0n) is 12.8. The van der Waals surface area contributed by atoms with E-state index >= 15 is 0 Å². The van der Waals surface area contributed by atoms with Gasteiger partial charge in [-0.2, -0.15) is 0 Å². The van der Waals surface area contributed by atoms with Gasteiger partial charge in [0.05, 0.1) is 7.11 Å². The first kappa shape index (κ1) is 16.2. The molecule has 110 valence electrons. The molecule has 0 saturated carbocycles. The largest absolute Gasteiger partial charge is 0.504 e. The maximum Gasteiger partial charge on any atom is 0.161 e. The van der Waals surface area contributed by atoms with Gasteiger partial charge in [-0.1, -0.05) is 20.8 Å². The van der Waals surface area contributed by atoms with E-state index in [9.17, 15) is 9.90 Å². The Hall–Kier alpha value is -1.84. The van der Waals surface area contributed by atoms with Crippen LogP contribution < -0.4 is 4.74 Å². The molecule has 1 atom stereocenters. The number of hydrogen-bond donors (Lipinski definition) is 1. The summed E-state index contributed by atoms with van der Waals surface area (Å²) < 4.78 is 5.04. The summed E-state index contributed by atoms with van der Waals surface area (Å²) in [5.74, 6) is 0.468. The standard InChI is InChI=1S/C16H23NO3/c1-15(2,3)10-16(4,11-18)17-9-12-6-7-13(19)14(8-12)20-5/h6-9,11,19H,10H2,1-5H3/b17-9-. The Bertz CT molecular complexity index is 503. The molecule has 0 amide bonds. The molecule has 1 unspecified atom stereocenters. The Labute approximate surface area is 120 Å². The van der Waals surface area contributed by atoms with Crippen LogP contribution in [0.3, 0.4) is 0 Å². The summed E-state index contributed by atoms with van der Waals surface area (Å²) in [5, 5.41) is 9.54. The van der Waals surface area contributed by atoms with Gasteiger partial charge < -0.3 is 14.6 Å². The normalized spacial score (nSPS) is 15.1. The third-order valence-electron chi connectivity index (χ3n) is 2.85. The molecule has 20 heavy (non-hydrogen) atoms. The number of phenolic OH excluding ortho intramolecular Hbond substituents is 1. The van der Waals surface area contributed by atoms with Gasteiger partial charge >= 0.3 is 0 Å². The van der Waals surface area contributed by atoms with Crippen molar-refractivity contribution in [2.45, 2.75) is 39.7 Å². The summed E-state index contributed by atoms with van der Waals surface area (Å²) >= 11 is 0. The van der Waals surface area contributed by atoms with E-state index in [1.165, 1.54) is 7.11 Å². The van der Waals surface area contributed by atoms with Crippen LogP contribution in [0.25, 0.3) is 0 Å². The first-order valence-electron chi connectivity index (χ1n) is 6.58. The second-order valence-electron chi connectivity index (χ2n) is 6.40. The fourth-order valence-electron chi connectivity index (χ4n) is 2.19. The molecule has 0 spiro atoms. The number of carbonyl (C=O) groups excluding carboxylic acids is 1. The van der Waals surface area contributed by atoms with Crippen molar-refractivity contribution >= 4 is 12.5 Å². The number of hydrogen-bond acceptors (Lipinski definition) is 4. The molecule has 1 aromatic rings. The van der Waals surface area contributed by atoms with Crippen molar-refractivity contribution in [1.29, 1.82) is 0 Å². The number of methoxy groups -OCH3 is 1. The summed E-state index contributed by atoms with van der Waals surface area (Å²) in [6.07, 6.45) is 3.18. The minimum atomic E-state index is -0.747. The van der Waals surface area contributed by atoms with Crippen molar-refractivity contribution in [2.75, 3.05) is 7.11 Å². The average Bonchev–Trinajstić information content (AvgIpc) is 2.36. The Kier molecular flexibility index (Phi) is 4.93. The third-order valence-corrected chi connectivity index (χ3v) is 2.85. The van der Waals surface area contributed by atoms with E-state index in [4.69, 9.17) is 4.74 Å². The van der Waals surface area contributed by atoms with Crippen molar-refractivity contribution in [3.8, 4) is 11.5 Å². The van der Waals surface area contributed by atoms with Gasteiger partial charge in [0.1, 0.15) is 11.8 Å². The number of benzene rings is 1. The molecule has 1 N–H and O–H groups in total. The average molecular weight is 277 g/mol. The monoisotopic (exact) mass is 277 g/mol.